The predicted octanol–water partition coefficient (Wildman–Crippen LogP) is 3.75. The number of hydrogen-bond acceptors (Lipinski definition) is 2. The molecule has 0 atom stereocenters. The van der Waals surface area contributed by atoms with Crippen molar-refractivity contribution in [1.29, 1.82) is 0 Å². The Morgan fingerprint density at radius 2 is 1.80 bits per heavy atom. The maximum atomic E-state index is 11.7. The van der Waals surface area contributed by atoms with Gasteiger partial charge in [0.1, 0.15) is 0 Å². The molecular weight excluding hydrogens is 431 g/mol. The predicted molar refractivity (Wildman–Crippen MR) is 92.7 cm³/mol. The standard InChI is InChI=1S/C15H12BrIN2O/c16-13-5-1-11(2-6-13)9-15(20)19-18-10-12-3-7-14(17)8-4-12/h1-8,10H,9H2,(H,19,20)/b18-10+. The molecule has 0 spiro atoms. The fraction of sp³-hybridized carbons (Fsp3) is 0.0667. The van der Waals surface area contributed by atoms with Crippen molar-refractivity contribution in [2.45, 2.75) is 6.42 Å². The van der Waals surface area contributed by atoms with Crippen molar-refractivity contribution in [1.82, 2.24) is 5.43 Å². The van der Waals surface area contributed by atoms with Crippen molar-refractivity contribution in [2.24, 2.45) is 5.10 Å². The van der Waals surface area contributed by atoms with Crippen LogP contribution in [-0.2, 0) is 11.2 Å². The molecule has 0 bridgehead atoms. The number of benzene rings is 2. The number of halogens is 2. The van der Waals surface area contributed by atoms with Crippen LogP contribution in [0.25, 0.3) is 0 Å². The normalized spacial score (nSPS) is 10.7. The fourth-order valence-electron chi connectivity index (χ4n) is 1.55. The zero-order valence-electron chi connectivity index (χ0n) is 10.5. The maximum absolute atomic E-state index is 11.7. The molecule has 1 amide bonds. The molecule has 2 aromatic rings. The number of amides is 1. The Hall–Kier alpha value is -1.21. The Morgan fingerprint density at radius 1 is 1.15 bits per heavy atom. The van der Waals surface area contributed by atoms with Gasteiger partial charge in [-0.15, -0.1) is 0 Å². The highest BCUT2D eigenvalue weighted by molar-refractivity contribution is 14.1. The van der Waals surface area contributed by atoms with E-state index in [1.54, 1.807) is 6.21 Å². The zero-order valence-corrected chi connectivity index (χ0v) is 14.3. The van der Waals surface area contributed by atoms with E-state index in [1.807, 2.05) is 48.5 Å². The van der Waals surface area contributed by atoms with Gasteiger partial charge < -0.3 is 0 Å². The summed E-state index contributed by atoms with van der Waals surface area (Å²) in [6.07, 6.45) is 1.95. The molecule has 0 saturated carbocycles. The highest BCUT2D eigenvalue weighted by atomic mass is 127. The lowest BCUT2D eigenvalue weighted by molar-refractivity contribution is -0.120. The molecule has 1 N–H and O–H groups in total. The summed E-state index contributed by atoms with van der Waals surface area (Å²) < 4.78 is 2.16. The van der Waals surface area contributed by atoms with Gasteiger partial charge in [0.2, 0.25) is 5.91 Å². The van der Waals surface area contributed by atoms with E-state index < -0.39 is 0 Å². The van der Waals surface area contributed by atoms with Crippen LogP contribution in [0.2, 0.25) is 0 Å². The monoisotopic (exact) mass is 442 g/mol. The Morgan fingerprint density at radius 3 is 2.45 bits per heavy atom. The van der Waals surface area contributed by atoms with Crippen molar-refractivity contribution < 1.29 is 4.79 Å². The van der Waals surface area contributed by atoms with Gasteiger partial charge in [0.15, 0.2) is 0 Å². The van der Waals surface area contributed by atoms with Crippen molar-refractivity contribution in [3.8, 4) is 0 Å². The third kappa shape index (κ3) is 5.05. The van der Waals surface area contributed by atoms with E-state index in [0.29, 0.717) is 6.42 Å². The quantitative estimate of drug-likeness (QED) is 0.437. The van der Waals surface area contributed by atoms with Crippen molar-refractivity contribution in [3.05, 3.63) is 67.7 Å². The first-order chi connectivity index (χ1) is 9.63. The molecule has 0 radical (unpaired) electrons. The minimum atomic E-state index is -0.130. The Kier molecular flexibility index (Phi) is 5.72. The van der Waals surface area contributed by atoms with E-state index in [4.69, 9.17) is 0 Å². The molecular formula is C15H12BrIN2O. The van der Waals surface area contributed by atoms with E-state index in [9.17, 15) is 4.79 Å². The lowest BCUT2D eigenvalue weighted by Gasteiger charge is -2.00. The first kappa shape index (κ1) is 15.2. The summed E-state index contributed by atoms with van der Waals surface area (Å²) in [5.41, 5.74) is 4.43. The van der Waals surface area contributed by atoms with E-state index in [0.717, 1.165) is 15.6 Å². The topological polar surface area (TPSA) is 41.5 Å². The summed E-state index contributed by atoms with van der Waals surface area (Å²) in [5, 5.41) is 3.95. The Labute approximate surface area is 139 Å². The second-order valence-corrected chi connectivity index (χ2v) is 6.31. The number of hydrazone groups is 1. The smallest absolute Gasteiger partial charge is 0.244 e. The maximum Gasteiger partial charge on any atom is 0.244 e. The summed E-state index contributed by atoms with van der Waals surface area (Å²) in [6, 6.07) is 15.5. The average molecular weight is 443 g/mol. The van der Waals surface area contributed by atoms with Crippen LogP contribution >= 0.6 is 38.5 Å². The van der Waals surface area contributed by atoms with Gasteiger partial charge in [-0.25, -0.2) is 5.43 Å². The molecule has 0 fully saturated rings. The van der Waals surface area contributed by atoms with Gasteiger partial charge in [-0.05, 0) is 58.0 Å². The lowest BCUT2D eigenvalue weighted by atomic mass is 10.1. The summed E-state index contributed by atoms with van der Waals surface area (Å²) in [5.74, 6) is -0.130. The molecule has 2 rings (SSSR count). The van der Waals surface area contributed by atoms with Gasteiger partial charge in [0.25, 0.3) is 0 Å². The molecule has 0 unspecified atom stereocenters. The van der Waals surface area contributed by atoms with Gasteiger partial charge in [-0.1, -0.05) is 40.2 Å². The van der Waals surface area contributed by atoms with Crippen LogP contribution in [0.3, 0.4) is 0 Å². The minimum absolute atomic E-state index is 0.130. The first-order valence-electron chi connectivity index (χ1n) is 5.95. The Bertz CT molecular complexity index is 609. The lowest BCUT2D eigenvalue weighted by Crippen LogP contribution is -2.19. The fourth-order valence-corrected chi connectivity index (χ4v) is 2.18. The van der Waals surface area contributed by atoms with Crippen LogP contribution in [0.15, 0.2) is 58.1 Å². The van der Waals surface area contributed by atoms with E-state index in [2.05, 4.69) is 49.0 Å². The molecule has 0 heterocycles. The van der Waals surface area contributed by atoms with Gasteiger partial charge >= 0.3 is 0 Å². The van der Waals surface area contributed by atoms with E-state index in [1.165, 1.54) is 3.57 Å². The summed E-state index contributed by atoms with van der Waals surface area (Å²) in [4.78, 5) is 11.7. The molecule has 20 heavy (non-hydrogen) atoms. The van der Waals surface area contributed by atoms with Crippen LogP contribution in [0.1, 0.15) is 11.1 Å². The second-order valence-electron chi connectivity index (χ2n) is 4.15. The summed E-state index contributed by atoms with van der Waals surface area (Å²) in [6.45, 7) is 0. The van der Waals surface area contributed by atoms with Crippen molar-refractivity contribution >= 4 is 50.6 Å². The summed E-state index contributed by atoms with van der Waals surface area (Å²) in [7, 11) is 0. The minimum Gasteiger partial charge on any atom is -0.273 e. The molecule has 0 saturated heterocycles. The highest BCUT2D eigenvalue weighted by Gasteiger charge is 2.01. The Balaban J connectivity index is 1.85. The molecule has 3 nitrogen and oxygen atoms in total. The largest absolute Gasteiger partial charge is 0.273 e. The SMILES string of the molecule is O=C(Cc1ccc(Br)cc1)N/N=C/c1ccc(I)cc1. The third-order valence-corrected chi connectivity index (χ3v) is 3.80. The van der Waals surface area contributed by atoms with E-state index in [-0.39, 0.29) is 5.91 Å². The third-order valence-electron chi connectivity index (χ3n) is 2.55. The average Bonchev–Trinajstić information content (AvgIpc) is 2.44. The molecule has 5 heteroatoms. The summed E-state index contributed by atoms with van der Waals surface area (Å²) >= 11 is 5.60. The molecule has 0 aliphatic heterocycles. The van der Waals surface area contributed by atoms with Crippen LogP contribution in [-0.4, -0.2) is 12.1 Å². The van der Waals surface area contributed by atoms with Crippen LogP contribution < -0.4 is 5.43 Å². The van der Waals surface area contributed by atoms with Gasteiger partial charge in [0, 0.05) is 8.04 Å². The number of nitrogens with zero attached hydrogens (tertiary/aromatic N) is 1. The first-order valence-corrected chi connectivity index (χ1v) is 7.82. The van der Waals surface area contributed by atoms with Crippen LogP contribution in [0, 0.1) is 3.57 Å². The molecule has 2 aromatic carbocycles. The molecule has 0 aliphatic carbocycles. The molecule has 0 aliphatic rings. The number of hydrogen-bond donors (Lipinski definition) is 1. The number of rotatable bonds is 4. The zero-order chi connectivity index (χ0) is 14.4. The highest BCUT2D eigenvalue weighted by Crippen LogP contribution is 2.10. The van der Waals surface area contributed by atoms with Crippen LogP contribution in [0.4, 0.5) is 0 Å². The number of carbonyl (C=O) groups excluding carboxylic acids is 1. The van der Waals surface area contributed by atoms with Crippen molar-refractivity contribution in [2.75, 3.05) is 0 Å². The number of carbonyl (C=O) groups is 1. The van der Waals surface area contributed by atoms with Gasteiger partial charge in [0.05, 0.1) is 12.6 Å². The van der Waals surface area contributed by atoms with Crippen LogP contribution in [0.5, 0.6) is 0 Å². The van der Waals surface area contributed by atoms with Crippen molar-refractivity contribution in [3.63, 3.8) is 0 Å². The molecule has 102 valence electrons. The van der Waals surface area contributed by atoms with Gasteiger partial charge in [-0.3, -0.25) is 4.79 Å². The number of nitrogens with one attached hydrogen (secondary N) is 1. The van der Waals surface area contributed by atoms with Gasteiger partial charge in [-0.2, -0.15) is 5.10 Å². The molecule has 0 aromatic heterocycles. The second kappa shape index (κ2) is 7.54. The van der Waals surface area contributed by atoms with E-state index >= 15 is 0 Å².